The van der Waals surface area contributed by atoms with Crippen molar-refractivity contribution in [3.8, 4) is 0 Å². The molecule has 174 valence electrons. The molecule has 2 heterocycles. The van der Waals surface area contributed by atoms with Crippen molar-refractivity contribution in [3.05, 3.63) is 11.6 Å². The summed E-state index contributed by atoms with van der Waals surface area (Å²) in [6.45, 7) is 14.2. The fourth-order valence-electron chi connectivity index (χ4n) is 8.23. The van der Waals surface area contributed by atoms with Crippen molar-refractivity contribution >= 4 is 5.78 Å². The second-order valence-corrected chi connectivity index (χ2v) is 12.9. The Labute approximate surface area is 189 Å². The van der Waals surface area contributed by atoms with Crippen LogP contribution < -0.4 is 0 Å². The molecular weight excluding hydrogens is 384 g/mol. The van der Waals surface area contributed by atoms with E-state index >= 15 is 0 Å². The van der Waals surface area contributed by atoms with E-state index in [9.17, 15) is 4.79 Å². The number of carbonyl (C=O) groups is 1. The molecule has 0 aromatic rings. The van der Waals surface area contributed by atoms with Gasteiger partial charge in [-0.3, -0.25) is 4.79 Å². The fraction of sp³-hybridized carbons (Fsp3) is 0.893. The molecule has 0 aromatic heterocycles. The molecule has 0 N–H and O–H groups in total. The van der Waals surface area contributed by atoms with Crippen molar-refractivity contribution in [2.45, 2.75) is 123 Å². The fourth-order valence-corrected chi connectivity index (χ4v) is 8.23. The van der Waals surface area contributed by atoms with Gasteiger partial charge >= 0.3 is 0 Å². The number of fused-ring (bicyclic) bond motifs is 1. The number of hydrogen-bond donors (Lipinski definition) is 0. The molecule has 5 rings (SSSR count). The Balaban J connectivity index is 1.26. The van der Waals surface area contributed by atoms with Crippen molar-refractivity contribution in [3.63, 3.8) is 0 Å². The monoisotopic (exact) mass is 428 g/mol. The van der Waals surface area contributed by atoms with Gasteiger partial charge < -0.3 is 9.47 Å². The lowest BCUT2D eigenvalue weighted by atomic mass is 9.53. The largest absolute Gasteiger partial charge is 0.367 e. The minimum Gasteiger partial charge on any atom is -0.367 e. The molecule has 0 bridgehead atoms. The van der Waals surface area contributed by atoms with Gasteiger partial charge in [0.2, 0.25) is 0 Å². The van der Waals surface area contributed by atoms with E-state index in [4.69, 9.17) is 9.47 Å². The Morgan fingerprint density at radius 2 is 1.81 bits per heavy atom. The van der Waals surface area contributed by atoms with Crippen LogP contribution in [0.25, 0.3) is 0 Å². The number of carbonyl (C=O) groups excluding carboxylic acids is 1. The summed E-state index contributed by atoms with van der Waals surface area (Å²) >= 11 is 0. The average molecular weight is 429 g/mol. The second-order valence-electron chi connectivity index (χ2n) is 12.9. The van der Waals surface area contributed by atoms with Gasteiger partial charge in [-0.2, -0.15) is 0 Å². The first-order valence-corrected chi connectivity index (χ1v) is 13.1. The lowest BCUT2D eigenvalue weighted by Crippen LogP contribution is -2.44. The van der Waals surface area contributed by atoms with E-state index in [0.717, 1.165) is 30.6 Å². The highest BCUT2D eigenvalue weighted by Gasteiger charge is 2.56. The average Bonchev–Trinajstić information content (AvgIpc) is 3.54. The Kier molecular flexibility index (Phi) is 5.30. The molecule has 0 aromatic carbocycles. The summed E-state index contributed by atoms with van der Waals surface area (Å²) in [5, 5.41) is 0. The molecule has 3 unspecified atom stereocenters. The standard InChI is InChI=1S/C28H44O3/c1-17(7-10-24-26(3,4)31-24)22-9-8-19-15-20(11-13-27(19,22)5)28(6)14-12-21(29)16-23(28)25-18(2)30-25/h16-20,22,24-25H,7-15H2,1-6H3/t17-,18?,19+,20+,22-,24?,25?,27+,28-/m1/s1. The van der Waals surface area contributed by atoms with Gasteiger partial charge in [0.1, 0.15) is 6.10 Å². The van der Waals surface area contributed by atoms with Gasteiger partial charge in [-0.1, -0.05) is 20.8 Å². The van der Waals surface area contributed by atoms with Crippen LogP contribution in [0.4, 0.5) is 0 Å². The van der Waals surface area contributed by atoms with E-state index in [2.05, 4.69) is 41.5 Å². The number of rotatable bonds is 6. The van der Waals surface area contributed by atoms with Crippen LogP contribution in [0.3, 0.4) is 0 Å². The van der Waals surface area contributed by atoms with Gasteiger partial charge in [-0.25, -0.2) is 0 Å². The maximum Gasteiger partial charge on any atom is 0.155 e. The van der Waals surface area contributed by atoms with E-state index in [0.29, 0.717) is 29.3 Å². The van der Waals surface area contributed by atoms with Crippen LogP contribution in [0.2, 0.25) is 0 Å². The van der Waals surface area contributed by atoms with Crippen molar-refractivity contribution in [1.29, 1.82) is 0 Å². The summed E-state index contributed by atoms with van der Waals surface area (Å²) < 4.78 is 11.7. The smallest absolute Gasteiger partial charge is 0.155 e. The van der Waals surface area contributed by atoms with E-state index in [1.54, 1.807) is 0 Å². The van der Waals surface area contributed by atoms with Gasteiger partial charge in [0.25, 0.3) is 0 Å². The Hall–Kier alpha value is -0.670. The van der Waals surface area contributed by atoms with Crippen LogP contribution in [-0.2, 0) is 14.3 Å². The van der Waals surface area contributed by atoms with Crippen molar-refractivity contribution in [2.75, 3.05) is 0 Å². The van der Waals surface area contributed by atoms with Crippen LogP contribution in [0.1, 0.15) is 99.3 Å². The topological polar surface area (TPSA) is 42.1 Å². The zero-order chi connectivity index (χ0) is 22.2. The number of ketones is 1. The summed E-state index contributed by atoms with van der Waals surface area (Å²) in [6.07, 6.45) is 14.1. The van der Waals surface area contributed by atoms with E-state index in [1.165, 1.54) is 50.5 Å². The third kappa shape index (κ3) is 3.76. The van der Waals surface area contributed by atoms with E-state index < -0.39 is 0 Å². The van der Waals surface area contributed by atoms with Gasteiger partial charge in [0.15, 0.2) is 5.78 Å². The second kappa shape index (κ2) is 7.42. The first-order chi connectivity index (χ1) is 14.5. The maximum absolute atomic E-state index is 12.2. The molecule has 0 radical (unpaired) electrons. The predicted molar refractivity (Wildman–Crippen MR) is 124 cm³/mol. The first kappa shape index (κ1) is 22.1. The molecule has 2 aliphatic heterocycles. The zero-order valence-electron chi connectivity index (χ0n) is 20.7. The molecule has 9 atom stereocenters. The van der Waals surface area contributed by atoms with Gasteiger partial charge in [-0.15, -0.1) is 0 Å². The Morgan fingerprint density at radius 3 is 2.45 bits per heavy atom. The summed E-state index contributed by atoms with van der Waals surface area (Å²) in [4.78, 5) is 12.2. The molecule has 3 aliphatic carbocycles. The van der Waals surface area contributed by atoms with Crippen molar-refractivity contribution in [1.82, 2.24) is 0 Å². The molecule has 0 amide bonds. The highest BCUT2D eigenvalue weighted by atomic mass is 16.6. The minimum absolute atomic E-state index is 0.130. The number of allylic oxidation sites excluding steroid dienone is 1. The maximum atomic E-state index is 12.2. The molecule has 31 heavy (non-hydrogen) atoms. The summed E-state index contributed by atoms with van der Waals surface area (Å²) in [6, 6.07) is 0. The van der Waals surface area contributed by atoms with Crippen LogP contribution in [0.15, 0.2) is 11.6 Å². The summed E-state index contributed by atoms with van der Waals surface area (Å²) in [5.41, 5.74) is 2.12. The third-order valence-corrected chi connectivity index (χ3v) is 10.7. The number of hydrogen-bond acceptors (Lipinski definition) is 3. The number of ether oxygens (including phenoxy) is 2. The Bertz CT molecular complexity index is 768. The van der Waals surface area contributed by atoms with Crippen LogP contribution in [-0.4, -0.2) is 29.7 Å². The summed E-state index contributed by atoms with van der Waals surface area (Å²) in [7, 11) is 0. The van der Waals surface area contributed by atoms with Crippen molar-refractivity contribution in [2.24, 2.45) is 34.5 Å². The highest BCUT2D eigenvalue weighted by Crippen LogP contribution is 2.63. The minimum atomic E-state index is 0.130. The molecule has 4 fully saturated rings. The van der Waals surface area contributed by atoms with E-state index in [1.807, 2.05) is 6.08 Å². The van der Waals surface area contributed by atoms with Gasteiger partial charge in [0, 0.05) is 6.42 Å². The molecule has 3 heteroatoms. The SMILES string of the molecule is CC1OC1C1=CC(=O)CC[C@]1(C)[C@H]1CC[C@@]2(C)[C@@H](CC[C@@H]2[C@H](C)CCC2OC2(C)C)C1. The summed E-state index contributed by atoms with van der Waals surface area (Å²) in [5.74, 6) is 3.53. The lowest BCUT2D eigenvalue weighted by Gasteiger charge is -2.51. The predicted octanol–water partition coefficient (Wildman–Crippen LogP) is 6.50. The molecular formula is C28H44O3. The molecule has 2 saturated carbocycles. The van der Waals surface area contributed by atoms with Crippen LogP contribution in [0.5, 0.6) is 0 Å². The first-order valence-electron chi connectivity index (χ1n) is 13.1. The quantitative estimate of drug-likeness (QED) is 0.454. The molecule has 3 nitrogen and oxygen atoms in total. The van der Waals surface area contributed by atoms with Crippen LogP contribution >= 0.6 is 0 Å². The highest BCUT2D eigenvalue weighted by molar-refractivity contribution is 5.92. The van der Waals surface area contributed by atoms with E-state index in [-0.39, 0.29) is 17.1 Å². The zero-order valence-corrected chi connectivity index (χ0v) is 20.7. The normalized spacial score (nSPS) is 49.4. The van der Waals surface area contributed by atoms with Crippen molar-refractivity contribution < 1.29 is 14.3 Å². The molecule has 2 saturated heterocycles. The van der Waals surface area contributed by atoms with Gasteiger partial charge in [-0.05, 0) is 118 Å². The Morgan fingerprint density at radius 1 is 1.10 bits per heavy atom. The lowest BCUT2D eigenvalue weighted by molar-refractivity contribution is -0.116. The third-order valence-electron chi connectivity index (χ3n) is 10.7. The van der Waals surface area contributed by atoms with Crippen LogP contribution in [0, 0.1) is 34.5 Å². The molecule has 0 spiro atoms. The van der Waals surface area contributed by atoms with Gasteiger partial charge in [0.05, 0.1) is 17.8 Å². The molecule has 5 aliphatic rings. The number of epoxide rings is 2.